The number of likely N-dealkylation sites (N-methyl/N-ethyl adjacent to an activating group) is 1. The van der Waals surface area contributed by atoms with Crippen molar-refractivity contribution in [3.05, 3.63) is 66.0 Å². The number of ether oxygens (including phenoxy) is 1. The Morgan fingerprint density at radius 1 is 0.941 bits per heavy atom. The molecule has 0 bridgehead atoms. The Balaban J connectivity index is 1.78. The number of methoxy groups -OCH3 is 1. The number of carbonyl (C=O) groups excluding carboxylic acids is 2. The van der Waals surface area contributed by atoms with Gasteiger partial charge in [-0.15, -0.1) is 0 Å². The maximum absolute atomic E-state index is 13.2. The number of hydrogen-bond acceptors (Lipinski definition) is 4. The summed E-state index contributed by atoms with van der Waals surface area (Å²) in [6.07, 6.45) is 3.91. The summed E-state index contributed by atoms with van der Waals surface area (Å²) < 4.78 is 9.56. The van der Waals surface area contributed by atoms with Crippen molar-refractivity contribution in [2.75, 3.05) is 21.2 Å². The van der Waals surface area contributed by atoms with Crippen LogP contribution in [-0.4, -0.2) is 53.1 Å². The van der Waals surface area contributed by atoms with E-state index in [9.17, 15) is 9.59 Å². The predicted molar refractivity (Wildman–Crippen MR) is 135 cm³/mol. The van der Waals surface area contributed by atoms with E-state index in [0.29, 0.717) is 28.5 Å². The van der Waals surface area contributed by atoms with Crippen molar-refractivity contribution in [1.82, 2.24) is 19.4 Å². The summed E-state index contributed by atoms with van der Waals surface area (Å²) in [6, 6.07) is 14.1. The first-order valence-electron chi connectivity index (χ1n) is 11.3. The van der Waals surface area contributed by atoms with E-state index < -0.39 is 0 Å². The first kappa shape index (κ1) is 22.0. The number of para-hydroxylation sites is 1. The average Bonchev–Trinajstić information content (AvgIpc) is 3.44. The molecule has 1 N–H and O–H groups in total. The van der Waals surface area contributed by atoms with Gasteiger partial charge in [0.05, 0.1) is 18.3 Å². The number of benzene rings is 2. The molecule has 7 heteroatoms. The Morgan fingerprint density at radius 2 is 1.62 bits per heavy atom. The standard InChI is InChI=1S/C27H28N4O3/c1-16(29(2)3)13-31-15-21(18-8-6-7-9-23(18)31)25-24(26(32)28-27(25)33)20-14-30(4)22-11-10-17(34-5)12-19(20)22/h6-12,14-16H,13H2,1-5H3,(H,28,32,33). The van der Waals surface area contributed by atoms with Crippen LogP contribution in [0.25, 0.3) is 33.0 Å². The Kier molecular flexibility index (Phi) is 5.29. The molecule has 1 aliphatic heterocycles. The molecule has 0 spiro atoms. The zero-order chi connectivity index (χ0) is 24.1. The minimum atomic E-state index is -0.381. The second-order valence-corrected chi connectivity index (χ2v) is 9.09. The number of aryl methyl sites for hydroxylation is 1. The molecule has 4 aromatic rings. The third-order valence-corrected chi connectivity index (χ3v) is 6.80. The van der Waals surface area contributed by atoms with Crippen LogP contribution < -0.4 is 10.1 Å². The third-order valence-electron chi connectivity index (χ3n) is 6.80. The van der Waals surface area contributed by atoms with Gasteiger partial charge in [-0.1, -0.05) is 18.2 Å². The van der Waals surface area contributed by atoms with Crippen LogP contribution in [0.1, 0.15) is 18.1 Å². The maximum atomic E-state index is 13.2. The van der Waals surface area contributed by atoms with E-state index in [1.165, 1.54) is 0 Å². The van der Waals surface area contributed by atoms with E-state index in [-0.39, 0.29) is 11.8 Å². The van der Waals surface area contributed by atoms with Crippen molar-refractivity contribution in [1.29, 1.82) is 0 Å². The number of nitrogens with one attached hydrogen (secondary N) is 1. The zero-order valence-electron chi connectivity index (χ0n) is 20.0. The summed E-state index contributed by atoms with van der Waals surface area (Å²) in [5, 5.41) is 4.35. The summed E-state index contributed by atoms with van der Waals surface area (Å²) in [6.45, 7) is 2.92. The highest BCUT2D eigenvalue weighted by molar-refractivity contribution is 6.50. The van der Waals surface area contributed by atoms with Crippen molar-refractivity contribution in [2.45, 2.75) is 19.5 Å². The fourth-order valence-corrected chi connectivity index (χ4v) is 4.71. The summed E-state index contributed by atoms with van der Waals surface area (Å²) in [5.74, 6) is -0.0571. The molecule has 0 aliphatic carbocycles. The van der Waals surface area contributed by atoms with E-state index >= 15 is 0 Å². The van der Waals surface area contributed by atoms with E-state index in [1.54, 1.807) is 7.11 Å². The number of nitrogens with zero attached hydrogens (tertiary/aromatic N) is 3. The predicted octanol–water partition coefficient (Wildman–Crippen LogP) is 3.66. The zero-order valence-corrected chi connectivity index (χ0v) is 20.0. The van der Waals surface area contributed by atoms with E-state index in [0.717, 1.165) is 33.9 Å². The molecule has 2 amide bonds. The van der Waals surface area contributed by atoms with Crippen molar-refractivity contribution in [2.24, 2.45) is 7.05 Å². The summed E-state index contributed by atoms with van der Waals surface area (Å²) in [5.41, 5.74) is 4.27. The highest BCUT2D eigenvalue weighted by Crippen LogP contribution is 2.39. The van der Waals surface area contributed by atoms with Crippen LogP contribution in [0.4, 0.5) is 0 Å². The molecule has 174 valence electrons. The van der Waals surface area contributed by atoms with E-state index in [1.807, 2.05) is 60.4 Å². The molecule has 2 aromatic carbocycles. The number of amides is 2. The van der Waals surface area contributed by atoms with Gasteiger partial charge < -0.3 is 18.8 Å². The van der Waals surface area contributed by atoms with Gasteiger partial charge in [0, 0.05) is 65.0 Å². The number of fused-ring (bicyclic) bond motifs is 2. The number of hydrogen-bond donors (Lipinski definition) is 1. The van der Waals surface area contributed by atoms with Gasteiger partial charge in [0.1, 0.15) is 5.75 Å². The van der Waals surface area contributed by atoms with Crippen molar-refractivity contribution in [3.8, 4) is 5.75 Å². The van der Waals surface area contributed by atoms with Gasteiger partial charge in [-0.25, -0.2) is 0 Å². The Labute approximate surface area is 198 Å². The third kappa shape index (κ3) is 3.40. The van der Waals surface area contributed by atoms with E-state index in [4.69, 9.17) is 4.74 Å². The van der Waals surface area contributed by atoms with Crippen LogP contribution in [0, 0.1) is 0 Å². The van der Waals surface area contributed by atoms with Gasteiger partial charge in [-0.2, -0.15) is 0 Å². The lowest BCUT2D eigenvalue weighted by Gasteiger charge is -2.20. The van der Waals surface area contributed by atoms with Crippen LogP contribution in [0.2, 0.25) is 0 Å². The quantitative estimate of drug-likeness (QED) is 0.450. The molecule has 0 saturated heterocycles. The minimum absolute atomic E-state index is 0.293. The van der Waals surface area contributed by atoms with Gasteiger partial charge in [0.15, 0.2) is 0 Å². The number of aromatic nitrogens is 2. The smallest absolute Gasteiger partial charge is 0.259 e. The Bertz CT molecular complexity index is 1490. The number of imide groups is 1. The van der Waals surface area contributed by atoms with Gasteiger partial charge in [0.2, 0.25) is 0 Å². The van der Waals surface area contributed by atoms with Crippen LogP contribution in [0.3, 0.4) is 0 Å². The molecule has 34 heavy (non-hydrogen) atoms. The van der Waals surface area contributed by atoms with Crippen LogP contribution in [0.5, 0.6) is 5.75 Å². The van der Waals surface area contributed by atoms with Gasteiger partial charge in [-0.05, 0) is 45.3 Å². The molecular formula is C27H28N4O3. The molecule has 0 fully saturated rings. The average molecular weight is 457 g/mol. The Hall–Kier alpha value is -3.84. The summed E-state index contributed by atoms with van der Waals surface area (Å²) >= 11 is 0. The second kappa shape index (κ2) is 8.18. The van der Waals surface area contributed by atoms with Crippen LogP contribution >= 0.6 is 0 Å². The molecule has 1 aliphatic rings. The molecular weight excluding hydrogens is 428 g/mol. The van der Waals surface area contributed by atoms with Crippen molar-refractivity contribution in [3.63, 3.8) is 0 Å². The fraction of sp³-hybridized carbons (Fsp3) is 0.259. The topological polar surface area (TPSA) is 68.5 Å². The normalized spacial score (nSPS) is 15.1. The fourth-order valence-electron chi connectivity index (χ4n) is 4.71. The van der Waals surface area contributed by atoms with E-state index in [2.05, 4.69) is 41.9 Å². The van der Waals surface area contributed by atoms with Crippen molar-refractivity contribution >= 4 is 44.8 Å². The van der Waals surface area contributed by atoms with Crippen LogP contribution in [0.15, 0.2) is 54.9 Å². The largest absolute Gasteiger partial charge is 0.497 e. The maximum Gasteiger partial charge on any atom is 0.259 e. The minimum Gasteiger partial charge on any atom is -0.497 e. The molecule has 2 aromatic heterocycles. The van der Waals surface area contributed by atoms with Crippen molar-refractivity contribution < 1.29 is 14.3 Å². The van der Waals surface area contributed by atoms with Gasteiger partial charge >= 0.3 is 0 Å². The monoisotopic (exact) mass is 456 g/mol. The molecule has 1 atom stereocenters. The second-order valence-electron chi connectivity index (χ2n) is 9.09. The van der Waals surface area contributed by atoms with Gasteiger partial charge in [-0.3, -0.25) is 14.9 Å². The molecule has 0 radical (unpaired) electrons. The summed E-state index contributed by atoms with van der Waals surface area (Å²) in [7, 11) is 7.65. The number of rotatable bonds is 6. The molecule has 5 rings (SSSR count). The lowest BCUT2D eigenvalue weighted by molar-refractivity contribution is -0.122. The first-order valence-corrected chi connectivity index (χ1v) is 11.3. The lowest BCUT2D eigenvalue weighted by Crippen LogP contribution is -2.28. The lowest BCUT2D eigenvalue weighted by atomic mass is 9.95. The molecule has 3 heterocycles. The highest BCUT2D eigenvalue weighted by atomic mass is 16.5. The summed E-state index contributed by atoms with van der Waals surface area (Å²) in [4.78, 5) is 28.5. The highest BCUT2D eigenvalue weighted by Gasteiger charge is 2.35. The van der Waals surface area contributed by atoms with Crippen LogP contribution in [-0.2, 0) is 23.2 Å². The molecule has 1 unspecified atom stereocenters. The number of carbonyl (C=O) groups is 2. The SMILES string of the molecule is COc1ccc2c(c1)c(C1=C(c3cn(CC(C)N(C)C)c4ccccc34)C(=O)NC1=O)cn2C. The molecule has 7 nitrogen and oxygen atoms in total. The Morgan fingerprint density at radius 3 is 2.29 bits per heavy atom. The molecule has 0 saturated carbocycles. The first-order chi connectivity index (χ1) is 16.3. The van der Waals surface area contributed by atoms with Gasteiger partial charge in [0.25, 0.3) is 11.8 Å².